The van der Waals surface area contributed by atoms with Crippen molar-refractivity contribution in [1.82, 2.24) is 0 Å². The number of aromatic hydroxyl groups is 1. The molecule has 0 saturated heterocycles. The number of phenolic OH excluding ortho intramolecular Hbond substituents is 1. The van der Waals surface area contributed by atoms with E-state index >= 15 is 0 Å². The zero-order valence-corrected chi connectivity index (χ0v) is 9.74. The summed E-state index contributed by atoms with van der Waals surface area (Å²) in [5.41, 5.74) is 1.87. The van der Waals surface area contributed by atoms with E-state index in [0.29, 0.717) is 5.75 Å². The van der Waals surface area contributed by atoms with Gasteiger partial charge in [0, 0.05) is 18.8 Å². The Balaban J connectivity index is 2.68. The van der Waals surface area contributed by atoms with E-state index in [4.69, 9.17) is 4.74 Å². The molecule has 2 unspecified atom stereocenters. The molecule has 0 fully saturated rings. The van der Waals surface area contributed by atoms with E-state index in [0.717, 1.165) is 11.3 Å². The van der Waals surface area contributed by atoms with Crippen molar-refractivity contribution < 1.29 is 9.84 Å². The molecule has 0 aliphatic heterocycles. The number of nitrogens with one attached hydrogen (secondary N) is 1. The van der Waals surface area contributed by atoms with Crippen molar-refractivity contribution in [3.8, 4) is 5.75 Å². The van der Waals surface area contributed by atoms with E-state index in [1.54, 1.807) is 13.2 Å². The predicted molar refractivity (Wildman–Crippen MR) is 62.4 cm³/mol. The number of methoxy groups -OCH3 is 1. The summed E-state index contributed by atoms with van der Waals surface area (Å²) in [6, 6.07) is 5.72. The van der Waals surface area contributed by atoms with Gasteiger partial charge in [-0.1, -0.05) is 0 Å². The van der Waals surface area contributed by atoms with E-state index in [2.05, 4.69) is 12.2 Å². The number of rotatable bonds is 4. The van der Waals surface area contributed by atoms with Crippen LogP contribution in [0.15, 0.2) is 18.2 Å². The van der Waals surface area contributed by atoms with Crippen molar-refractivity contribution in [3.63, 3.8) is 0 Å². The predicted octanol–water partition coefficient (Wildman–Crippen LogP) is 2.54. The van der Waals surface area contributed by atoms with Gasteiger partial charge in [0.2, 0.25) is 0 Å². The third kappa shape index (κ3) is 3.13. The second-order valence-corrected chi connectivity index (χ2v) is 3.88. The maximum Gasteiger partial charge on any atom is 0.118 e. The quantitative estimate of drug-likeness (QED) is 0.749. The first-order valence-electron chi connectivity index (χ1n) is 5.13. The SMILES string of the molecule is COC(C)C(C)Nc1ccc(O)c(C)c1. The van der Waals surface area contributed by atoms with Gasteiger partial charge in [-0.2, -0.15) is 0 Å². The molecule has 0 aromatic heterocycles. The van der Waals surface area contributed by atoms with Crippen LogP contribution in [0.5, 0.6) is 5.75 Å². The first-order chi connectivity index (χ1) is 7.04. The van der Waals surface area contributed by atoms with Crippen molar-refractivity contribution in [2.24, 2.45) is 0 Å². The topological polar surface area (TPSA) is 41.5 Å². The summed E-state index contributed by atoms with van der Waals surface area (Å²) in [7, 11) is 1.70. The summed E-state index contributed by atoms with van der Waals surface area (Å²) >= 11 is 0. The van der Waals surface area contributed by atoms with E-state index in [-0.39, 0.29) is 12.1 Å². The molecule has 0 spiro atoms. The second-order valence-electron chi connectivity index (χ2n) is 3.88. The maximum absolute atomic E-state index is 9.38. The monoisotopic (exact) mass is 209 g/mol. The van der Waals surface area contributed by atoms with Crippen LogP contribution >= 0.6 is 0 Å². The minimum atomic E-state index is 0.152. The van der Waals surface area contributed by atoms with Gasteiger partial charge in [0.25, 0.3) is 0 Å². The number of benzene rings is 1. The van der Waals surface area contributed by atoms with Gasteiger partial charge in [-0.05, 0) is 44.5 Å². The number of anilines is 1. The summed E-state index contributed by atoms with van der Waals surface area (Å²) < 4.78 is 5.23. The number of hydrogen-bond acceptors (Lipinski definition) is 3. The molecule has 0 heterocycles. The van der Waals surface area contributed by atoms with Gasteiger partial charge in [-0.3, -0.25) is 0 Å². The van der Waals surface area contributed by atoms with Crippen LogP contribution in [0, 0.1) is 6.92 Å². The summed E-state index contributed by atoms with van der Waals surface area (Å²) in [6.07, 6.45) is 0.152. The lowest BCUT2D eigenvalue weighted by Gasteiger charge is -2.21. The van der Waals surface area contributed by atoms with Crippen LogP contribution in [-0.2, 0) is 4.74 Å². The van der Waals surface area contributed by atoms with Crippen LogP contribution in [0.25, 0.3) is 0 Å². The van der Waals surface area contributed by atoms with Crippen molar-refractivity contribution in [2.45, 2.75) is 32.9 Å². The lowest BCUT2D eigenvalue weighted by atomic mass is 10.1. The molecule has 1 rings (SSSR count). The Morgan fingerprint density at radius 1 is 1.33 bits per heavy atom. The lowest BCUT2D eigenvalue weighted by Crippen LogP contribution is -2.29. The van der Waals surface area contributed by atoms with Crippen molar-refractivity contribution in [1.29, 1.82) is 0 Å². The highest BCUT2D eigenvalue weighted by molar-refractivity contribution is 5.50. The first kappa shape index (κ1) is 11.9. The molecule has 0 aliphatic carbocycles. The Bertz CT molecular complexity index is 325. The fourth-order valence-corrected chi connectivity index (χ4v) is 1.33. The van der Waals surface area contributed by atoms with Crippen LogP contribution in [0.4, 0.5) is 5.69 Å². The number of phenols is 1. The van der Waals surface area contributed by atoms with Gasteiger partial charge in [0.05, 0.1) is 6.10 Å². The number of ether oxygens (including phenoxy) is 1. The zero-order valence-electron chi connectivity index (χ0n) is 9.74. The van der Waals surface area contributed by atoms with Gasteiger partial charge in [-0.15, -0.1) is 0 Å². The summed E-state index contributed by atoms with van der Waals surface area (Å²) in [6.45, 7) is 5.96. The molecular weight excluding hydrogens is 190 g/mol. The Morgan fingerprint density at radius 2 is 2.00 bits per heavy atom. The molecule has 0 saturated carbocycles. The van der Waals surface area contributed by atoms with Gasteiger partial charge in [-0.25, -0.2) is 0 Å². The molecule has 2 N–H and O–H groups in total. The highest BCUT2D eigenvalue weighted by Gasteiger charge is 2.10. The fraction of sp³-hybridized carbons (Fsp3) is 0.500. The van der Waals surface area contributed by atoms with Gasteiger partial charge in [0.1, 0.15) is 5.75 Å². The molecule has 3 heteroatoms. The standard InChI is InChI=1S/C12H19NO2/c1-8-7-11(5-6-12(8)14)13-9(2)10(3)15-4/h5-7,9-10,13-14H,1-4H3. The van der Waals surface area contributed by atoms with Gasteiger partial charge in [0.15, 0.2) is 0 Å². The molecule has 1 aromatic rings. The zero-order chi connectivity index (χ0) is 11.4. The molecule has 0 aliphatic rings. The molecule has 2 atom stereocenters. The van der Waals surface area contributed by atoms with Crippen LogP contribution in [0.1, 0.15) is 19.4 Å². The fourth-order valence-electron chi connectivity index (χ4n) is 1.33. The van der Waals surface area contributed by atoms with Gasteiger partial charge < -0.3 is 15.2 Å². The van der Waals surface area contributed by atoms with Crippen LogP contribution in [-0.4, -0.2) is 24.4 Å². The molecule has 15 heavy (non-hydrogen) atoms. The minimum Gasteiger partial charge on any atom is -0.508 e. The number of aryl methyl sites for hydroxylation is 1. The molecule has 0 radical (unpaired) electrons. The molecular formula is C12H19NO2. The average Bonchev–Trinajstić information content (AvgIpc) is 2.22. The maximum atomic E-state index is 9.38. The van der Waals surface area contributed by atoms with E-state index in [9.17, 15) is 5.11 Å². The first-order valence-corrected chi connectivity index (χ1v) is 5.13. The minimum absolute atomic E-state index is 0.152. The smallest absolute Gasteiger partial charge is 0.118 e. The highest BCUT2D eigenvalue weighted by atomic mass is 16.5. The van der Waals surface area contributed by atoms with E-state index in [1.165, 1.54) is 0 Å². The molecule has 0 amide bonds. The summed E-state index contributed by atoms with van der Waals surface area (Å²) in [5, 5.41) is 12.7. The Labute approximate surface area is 91.1 Å². The third-order valence-electron chi connectivity index (χ3n) is 2.67. The van der Waals surface area contributed by atoms with Crippen LogP contribution in [0.2, 0.25) is 0 Å². The molecule has 0 bridgehead atoms. The van der Waals surface area contributed by atoms with E-state index in [1.807, 2.05) is 26.0 Å². The average molecular weight is 209 g/mol. The van der Waals surface area contributed by atoms with Crippen molar-refractivity contribution in [3.05, 3.63) is 23.8 Å². The number of hydrogen-bond donors (Lipinski definition) is 2. The Morgan fingerprint density at radius 3 is 2.53 bits per heavy atom. The molecule has 3 nitrogen and oxygen atoms in total. The summed E-state index contributed by atoms with van der Waals surface area (Å²) in [5.74, 6) is 0.327. The second kappa shape index (κ2) is 5.03. The largest absolute Gasteiger partial charge is 0.508 e. The van der Waals surface area contributed by atoms with Crippen molar-refractivity contribution >= 4 is 5.69 Å². The highest BCUT2D eigenvalue weighted by Crippen LogP contribution is 2.21. The van der Waals surface area contributed by atoms with Gasteiger partial charge >= 0.3 is 0 Å². The van der Waals surface area contributed by atoms with E-state index < -0.39 is 0 Å². The molecule has 1 aromatic carbocycles. The third-order valence-corrected chi connectivity index (χ3v) is 2.67. The van der Waals surface area contributed by atoms with Crippen LogP contribution < -0.4 is 5.32 Å². The Hall–Kier alpha value is -1.22. The lowest BCUT2D eigenvalue weighted by molar-refractivity contribution is 0.106. The normalized spacial score (nSPS) is 14.7. The summed E-state index contributed by atoms with van der Waals surface area (Å²) in [4.78, 5) is 0. The van der Waals surface area contributed by atoms with Crippen molar-refractivity contribution in [2.75, 3.05) is 12.4 Å². The van der Waals surface area contributed by atoms with Crippen LogP contribution in [0.3, 0.4) is 0 Å². The molecule has 84 valence electrons. The Kier molecular flexibility index (Phi) is 3.97.